The number of carbonyl (C=O) groups is 1. The van der Waals surface area contributed by atoms with Crippen molar-refractivity contribution in [1.29, 1.82) is 0 Å². The van der Waals surface area contributed by atoms with Crippen LogP contribution in [0.3, 0.4) is 0 Å². The summed E-state index contributed by atoms with van der Waals surface area (Å²) >= 11 is 6.15. The summed E-state index contributed by atoms with van der Waals surface area (Å²) in [6, 6.07) is 16.5. The molecule has 0 bridgehead atoms. The summed E-state index contributed by atoms with van der Waals surface area (Å²) in [7, 11) is 0. The molecular formula is C31H37ClN2O2. The summed E-state index contributed by atoms with van der Waals surface area (Å²) in [6.07, 6.45) is 3.10. The number of piperazine rings is 1. The van der Waals surface area contributed by atoms with Gasteiger partial charge >= 0.3 is 0 Å². The van der Waals surface area contributed by atoms with Crippen LogP contribution in [0.2, 0.25) is 5.02 Å². The number of nitrogens with zero attached hydrogens (tertiary/aromatic N) is 2. The van der Waals surface area contributed by atoms with Crippen molar-refractivity contribution in [3.05, 3.63) is 87.3 Å². The topological polar surface area (TPSA) is 36.7 Å². The number of hydrogen-bond acceptors (Lipinski definition) is 3. The second-order valence-electron chi connectivity index (χ2n) is 11.8. The van der Waals surface area contributed by atoms with Gasteiger partial charge in [0.2, 0.25) is 0 Å². The van der Waals surface area contributed by atoms with Crippen LogP contribution in [0.4, 0.5) is 5.69 Å². The van der Waals surface area contributed by atoms with E-state index in [2.05, 4.69) is 57.7 Å². The largest absolute Gasteiger partial charge is 0.456 e. The Morgan fingerprint density at radius 3 is 2.25 bits per heavy atom. The zero-order chi connectivity index (χ0) is 25.7. The fourth-order valence-corrected chi connectivity index (χ4v) is 5.91. The van der Waals surface area contributed by atoms with Gasteiger partial charge in [0.1, 0.15) is 5.76 Å². The summed E-state index contributed by atoms with van der Waals surface area (Å²) in [5.74, 6) is 1.24. The van der Waals surface area contributed by atoms with Crippen LogP contribution in [0.5, 0.6) is 0 Å². The van der Waals surface area contributed by atoms with E-state index in [1.54, 1.807) is 0 Å². The third kappa shape index (κ3) is 4.80. The molecule has 3 aromatic rings. The number of fused-ring (bicyclic) bond motifs is 1. The fraction of sp³-hybridized carbons (Fsp3) is 0.452. The van der Waals surface area contributed by atoms with E-state index in [9.17, 15) is 4.79 Å². The third-order valence-corrected chi connectivity index (χ3v) is 8.52. The molecule has 1 saturated heterocycles. The molecule has 1 fully saturated rings. The summed E-state index contributed by atoms with van der Waals surface area (Å²) in [5, 5.41) is 0.732. The van der Waals surface area contributed by atoms with Crippen LogP contribution < -0.4 is 4.90 Å². The zero-order valence-corrected chi connectivity index (χ0v) is 22.9. The molecule has 2 aromatic carbocycles. The van der Waals surface area contributed by atoms with E-state index < -0.39 is 0 Å². The summed E-state index contributed by atoms with van der Waals surface area (Å²) < 4.78 is 6.10. The Balaban J connectivity index is 1.28. The minimum atomic E-state index is -0.0305. The maximum atomic E-state index is 13.2. The number of carbonyl (C=O) groups excluding carboxylic acids is 1. The van der Waals surface area contributed by atoms with Crippen LogP contribution in [0.15, 0.2) is 52.9 Å². The molecule has 0 saturated carbocycles. The molecule has 2 heterocycles. The molecule has 0 unspecified atom stereocenters. The van der Waals surface area contributed by atoms with Gasteiger partial charge in [-0.1, -0.05) is 57.5 Å². The van der Waals surface area contributed by atoms with Crippen molar-refractivity contribution in [3.63, 3.8) is 0 Å². The van der Waals surface area contributed by atoms with E-state index in [-0.39, 0.29) is 16.7 Å². The summed E-state index contributed by atoms with van der Waals surface area (Å²) in [6.45, 7) is 14.5. The van der Waals surface area contributed by atoms with Crippen molar-refractivity contribution in [2.24, 2.45) is 0 Å². The molecule has 0 atom stereocenters. The number of rotatable bonds is 4. The van der Waals surface area contributed by atoms with Crippen molar-refractivity contribution < 1.29 is 9.21 Å². The van der Waals surface area contributed by atoms with Gasteiger partial charge < -0.3 is 14.2 Å². The van der Waals surface area contributed by atoms with Crippen molar-refractivity contribution in [2.75, 3.05) is 31.1 Å². The lowest BCUT2D eigenvalue weighted by atomic mass is 9.62. The molecule has 0 radical (unpaired) electrons. The Morgan fingerprint density at radius 1 is 0.917 bits per heavy atom. The highest BCUT2D eigenvalue weighted by Crippen LogP contribution is 2.46. The molecule has 2 aliphatic rings. The van der Waals surface area contributed by atoms with E-state index in [1.165, 1.54) is 35.1 Å². The molecule has 0 spiro atoms. The first-order valence-corrected chi connectivity index (χ1v) is 13.4. The van der Waals surface area contributed by atoms with Crippen LogP contribution in [0.25, 0.3) is 0 Å². The van der Waals surface area contributed by atoms with Crippen molar-refractivity contribution in [2.45, 2.75) is 64.7 Å². The molecule has 1 amide bonds. The van der Waals surface area contributed by atoms with Gasteiger partial charge in [-0.15, -0.1) is 0 Å². The smallest absolute Gasteiger partial charge is 0.289 e. The first kappa shape index (κ1) is 25.0. The molecule has 36 heavy (non-hydrogen) atoms. The average molecular weight is 505 g/mol. The number of amides is 1. The Hall–Kier alpha value is -2.72. The lowest BCUT2D eigenvalue weighted by Crippen LogP contribution is -2.48. The Morgan fingerprint density at radius 2 is 1.58 bits per heavy atom. The van der Waals surface area contributed by atoms with Gasteiger partial charge in [0, 0.05) is 43.3 Å². The fourth-order valence-electron chi connectivity index (χ4n) is 5.73. The summed E-state index contributed by atoms with van der Waals surface area (Å²) in [5.41, 5.74) is 6.98. The lowest BCUT2D eigenvalue weighted by molar-refractivity contribution is 0.0713. The van der Waals surface area contributed by atoms with Crippen molar-refractivity contribution in [3.8, 4) is 0 Å². The lowest BCUT2D eigenvalue weighted by Gasteiger charge is -2.42. The normalized spacial score (nSPS) is 18.7. The van der Waals surface area contributed by atoms with E-state index in [1.807, 2.05) is 35.2 Å². The zero-order valence-electron chi connectivity index (χ0n) is 22.2. The molecule has 0 N–H and O–H groups in total. The number of aryl methyl sites for hydroxylation is 1. The van der Waals surface area contributed by atoms with Gasteiger partial charge in [-0.3, -0.25) is 4.79 Å². The minimum Gasteiger partial charge on any atom is -0.456 e. The molecule has 1 aromatic heterocycles. The SMILES string of the molecule is Cc1cc2c(cc1Cc1ccc(C(=O)N3CCN(c4cccc(Cl)c4)CC3)o1)C(C)(C)CCC2(C)C. The standard InChI is InChI=1S/C31H37ClN2O2/c1-21-17-26-27(31(4,5)12-11-30(26,2)3)19-22(21)18-25-9-10-28(36-25)29(35)34-15-13-33(14-16-34)24-8-6-7-23(32)20-24/h6-10,17,19-20H,11-16,18H2,1-5H3. The first-order valence-electron chi connectivity index (χ1n) is 13.1. The van der Waals surface area contributed by atoms with Crippen LogP contribution in [0.1, 0.15) is 79.1 Å². The van der Waals surface area contributed by atoms with Crippen LogP contribution >= 0.6 is 11.6 Å². The highest BCUT2D eigenvalue weighted by Gasteiger charge is 2.37. The van der Waals surface area contributed by atoms with Gasteiger partial charge in [0.25, 0.3) is 5.91 Å². The van der Waals surface area contributed by atoms with Crippen LogP contribution in [-0.2, 0) is 17.3 Å². The molecule has 5 rings (SSSR count). The maximum absolute atomic E-state index is 13.2. The van der Waals surface area contributed by atoms with E-state index >= 15 is 0 Å². The minimum absolute atomic E-state index is 0.0305. The van der Waals surface area contributed by atoms with E-state index in [0.717, 1.165) is 29.6 Å². The Kier molecular flexibility index (Phi) is 6.45. The molecule has 1 aliphatic carbocycles. The quantitative estimate of drug-likeness (QED) is 0.378. The Bertz CT molecular complexity index is 1280. The number of anilines is 1. The predicted molar refractivity (Wildman–Crippen MR) is 148 cm³/mol. The molecule has 190 valence electrons. The highest BCUT2D eigenvalue weighted by atomic mass is 35.5. The predicted octanol–water partition coefficient (Wildman–Crippen LogP) is 7.14. The van der Waals surface area contributed by atoms with Crippen molar-refractivity contribution in [1.82, 2.24) is 4.90 Å². The van der Waals surface area contributed by atoms with E-state index in [0.29, 0.717) is 25.3 Å². The summed E-state index contributed by atoms with van der Waals surface area (Å²) in [4.78, 5) is 17.3. The molecule has 5 heteroatoms. The average Bonchev–Trinajstić information content (AvgIpc) is 3.31. The number of hydrogen-bond donors (Lipinski definition) is 0. The van der Waals surface area contributed by atoms with Gasteiger partial charge in [-0.25, -0.2) is 0 Å². The van der Waals surface area contributed by atoms with Crippen molar-refractivity contribution >= 4 is 23.2 Å². The van der Waals surface area contributed by atoms with Gasteiger partial charge in [0.15, 0.2) is 5.76 Å². The van der Waals surface area contributed by atoms with Crippen LogP contribution in [0, 0.1) is 6.92 Å². The number of benzene rings is 2. The molecule has 4 nitrogen and oxygen atoms in total. The second kappa shape index (κ2) is 9.30. The van der Waals surface area contributed by atoms with E-state index in [4.69, 9.17) is 16.0 Å². The second-order valence-corrected chi connectivity index (χ2v) is 12.2. The van der Waals surface area contributed by atoms with Gasteiger partial charge in [-0.2, -0.15) is 0 Å². The van der Waals surface area contributed by atoms with Gasteiger partial charge in [0.05, 0.1) is 0 Å². The molecular weight excluding hydrogens is 468 g/mol. The van der Waals surface area contributed by atoms with Gasteiger partial charge in [-0.05, 0) is 83.2 Å². The maximum Gasteiger partial charge on any atom is 0.289 e. The first-order chi connectivity index (χ1) is 17.0. The third-order valence-electron chi connectivity index (χ3n) is 8.29. The highest BCUT2D eigenvalue weighted by molar-refractivity contribution is 6.30. The monoisotopic (exact) mass is 504 g/mol. The number of furan rings is 1. The Labute approximate surface area is 220 Å². The number of halogens is 1. The van der Waals surface area contributed by atoms with Crippen LogP contribution in [-0.4, -0.2) is 37.0 Å². The molecule has 1 aliphatic heterocycles.